The topological polar surface area (TPSA) is 123 Å². The number of amides is 2. The molecule has 0 saturated heterocycles. The summed E-state index contributed by atoms with van der Waals surface area (Å²) in [6.07, 6.45) is -0.806. The second-order valence-electron chi connectivity index (χ2n) is 3.84. The van der Waals surface area contributed by atoms with Crippen molar-refractivity contribution in [3.63, 3.8) is 0 Å². The number of carbonyl (C=O) groups is 3. The zero-order valence-corrected chi connectivity index (χ0v) is 11.7. The van der Waals surface area contributed by atoms with Gasteiger partial charge in [-0.3, -0.25) is 4.79 Å². The van der Waals surface area contributed by atoms with E-state index in [-0.39, 0.29) is 19.3 Å². The van der Waals surface area contributed by atoms with E-state index in [0.717, 1.165) is 7.11 Å². The lowest BCUT2D eigenvalue weighted by Crippen LogP contribution is -2.49. The molecule has 9 heteroatoms. The number of carboxylic acids is 1. The van der Waals surface area contributed by atoms with Crippen molar-refractivity contribution in [2.75, 3.05) is 34.5 Å². The normalized spacial score (nSPS) is 13.2. The second-order valence-corrected chi connectivity index (χ2v) is 3.84. The highest BCUT2D eigenvalue weighted by atomic mass is 16.5. The number of hydrogen-bond donors (Lipinski definition) is 3. The molecule has 0 radical (unpaired) electrons. The Labute approximate surface area is 116 Å². The van der Waals surface area contributed by atoms with Crippen LogP contribution >= 0.6 is 0 Å². The van der Waals surface area contributed by atoms with Crippen LogP contribution in [0.15, 0.2) is 0 Å². The molecule has 2 amide bonds. The van der Waals surface area contributed by atoms with Gasteiger partial charge in [0.1, 0.15) is 6.04 Å². The van der Waals surface area contributed by atoms with E-state index in [1.807, 2.05) is 0 Å². The number of rotatable bonds is 9. The molecule has 0 saturated carbocycles. The van der Waals surface area contributed by atoms with Gasteiger partial charge in [-0.2, -0.15) is 0 Å². The summed E-state index contributed by atoms with van der Waals surface area (Å²) in [5, 5.41) is 13.5. The average molecular weight is 292 g/mol. The summed E-state index contributed by atoms with van der Waals surface area (Å²) < 4.78 is 14.2. The van der Waals surface area contributed by atoms with Crippen LogP contribution in [-0.2, 0) is 23.8 Å². The predicted molar refractivity (Wildman–Crippen MR) is 67.3 cm³/mol. The first kappa shape index (κ1) is 18.1. The molecule has 116 valence electrons. The van der Waals surface area contributed by atoms with E-state index in [9.17, 15) is 14.4 Å². The molecule has 0 rings (SSSR count). The smallest absolute Gasteiger partial charge is 0.326 e. The van der Waals surface area contributed by atoms with E-state index >= 15 is 0 Å². The summed E-state index contributed by atoms with van der Waals surface area (Å²) in [7, 11) is 4.08. The van der Waals surface area contributed by atoms with Crippen molar-refractivity contribution < 1.29 is 33.7 Å². The van der Waals surface area contributed by atoms with Gasteiger partial charge < -0.3 is 30.0 Å². The Hall–Kier alpha value is -1.87. The van der Waals surface area contributed by atoms with Gasteiger partial charge in [0.25, 0.3) is 0 Å². The quantitative estimate of drug-likeness (QED) is 0.464. The van der Waals surface area contributed by atoms with E-state index in [2.05, 4.69) is 15.4 Å². The van der Waals surface area contributed by atoms with Gasteiger partial charge in [0, 0.05) is 20.8 Å². The predicted octanol–water partition coefficient (Wildman–Crippen LogP) is -1.04. The summed E-state index contributed by atoms with van der Waals surface area (Å²) in [6.45, 7) is 0.419. The van der Waals surface area contributed by atoms with E-state index < -0.39 is 30.4 Å². The molecule has 0 aliphatic heterocycles. The van der Waals surface area contributed by atoms with E-state index in [0.29, 0.717) is 0 Å². The third-order valence-electron chi connectivity index (χ3n) is 2.38. The molecule has 0 aliphatic carbocycles. The minimum atomic E-state index is -1.36. The van der Waals surface area contributed by atoms with E-state index in [1.54, 1.807) is 0 Å². The number of carboxylic acid groups (broad SMARTS) is 1. The van der Waals surface area contributed by atoms with E-state index in [4.69, 9.17) is 14.6 Å². The third kappa shape index (κ3) is 7.54. The summed E-state index contributed by atoms with van der Waals surface area (Å²) >= 11 is 0. The number of aliphatic carboxylic acids is 1. The molecule has 0 aromatic heterocycles. The SMILES string of the molecule is COCC(CNC(=O)N[C@@H](CC(=O)OC)C(=O)O)OC. The maximum Gasteiger partial charge on any atom is 0.326 e. The first-order valence-corrected chi connectivity index (χ1v) is 5.80. The lowest BCUT2D eigenvalue weighted by Gasteiger charge is -2.17. The second kappa shape index (κ2) is 9.98. The standard InChI is InChI=1S/C11H20N2O7/c1-18-6-7(19-2)5-12-11(17)13-8(10(15)16)4-9(14)20-3/h7-8H,4-6H2,1-3H3,(H,15,16)(H2,12,13,17)/t7?,8-/m0/s1. The van der Waals surface area contributed by atoms with Crippen LogP contribution in [0.1, 0.15) is 6.42 Å². The highest BCUT2D eigenvalue weighted by Crippen LogP contribution is 1.95. The van der Waals surface area contributed by atoms with Gasteiger partial charge in [0.2, 0.25) is 0 Å². The van der Waals surface area contributed by atoms with Gasteiger partial charge >= 0.3 is 18.0 Å². The van der Waals surface area contributed by atoms with Crippen LogP contribution in [0.5, 0.6) is 0 Å². The highest BCUT2D eigenvalue weighted by Gasteiger charge is 2.23. The molecular weight excluding hydrogens is 272 g/mol. The fourth-order valence-electron chi connectivity index (χ4n) is 1.26. The van der Waals surface area contributed by atoms with E-state index in [1.165, 1.54) is 14.2 Å². The van der Waals surface area contributed by atoms with Gasteiger partial charge in [0.05, 0.1) is 26.2 Å². The summed E-state index contributed by atoms with van der Waals surface area (Å²) in [5.41, 5.74) is 0. The fraction of sp³-hybridized carbons (Fsp3) is 0.727. The Morgan fingerprint density at radius 2 is 1.85 bits per heavy atom. The average Bonchev–Trinajstić information content (AvgIpc) is 2.42. The number of urea groups is 1. The largest absolute Gasteiger partial charge is 0.480 e. The highest BCUT2D eigenvalue weighted by molar-refractivity contribution is 5.86. The van der Waals surface area contributed by atoms with Crippen molar-refractivity contribution in [1.82, 2.24) is 10.6 Å². The molecule has 9 nitrogen and oxygen atoms in total. The van der Waals surface area contributed by atoms with Crippen LogP contribution < -0.4 is 10.6 Å². The number of ether oxygens (including phenoxy) is 3. The lowest BCUT2D eigenvalue weighted by molar-refractivity contribution is -0.147. The van der Waals surface area contributed by atoms with Crippen LogP contribution in [0, 0.1) is 0 Å². The molecule has 0 heterocycles. The fourth-order valence-corrected chi connectivity index (χ4v) is 1.26. The minimum absolute atomic E-state index is 0.140. The van der Waals surface area contributed by atoms with Crippen molar-refractivity contribution in [3.05, 3.63) is 0 Å². The number of hydrogen-bond acceptors (Lipinski definition) is 6. The molecule has 0 aliphatic rings. The number of methoxy groups -OCH3 is 3. The number of esters is 1. The Morgan fingerprint density at radius 1 is 1.20 bits per heavy atom. The van der Waals surface area contributed by atoms with Crippen molar-refractivity contribution in [1.29, 1.82) is 0 Å². The summed E-state index contributed by atoms with van der Waals surface area (Å²) in [5.74, 6) is -2.06. The van der Waals surface area contributed by atoms with Crippen LogP contribution in [-0.4, -0.2) is 69.7 Å². The molecular formula is C11H20N2O7. The van der Waals surface area contributed by atoms with Crippen molar-refractivity contribution in [2.45, 2.75) is 18.6 Å². The van der Waals surface area contributed by atoms with Gasteiger partial charge in [-0.15, -0.1) is 0 Å². The molecule has 0 fully saturated rings. The summed E-state index contributed by atoms with van der Waals surface area (Å²) in [6, 6.07) is -2.08. The molecule has 2 atom stereocenters. The molecule has 3 N–H and O–H groups in total. The van der Waals surface area contributed by atoms with Crippen LogP contribution in [0.25, 0.3) is 0 Å². The zero-order valence-electron chi connectivity index (χ0n) is 11.7. The summed E-state index contributed by atoms with van der Waals surface area (Å²) in [4.78, 5) is 33.4. The monoisotopic (exact) mass is 292 g/mol. The van der Waals surface area contributed by atoms with Crippen LogP contribution in [0.2, 0.25) is 0 Å². The molecule has 20 heavy (non-hydrogen) atoms. The molecule has 0 spiro atoms. The number of carbonyl (C=O) groups excluding carboxylic acids is 2. The van der Waals surface area contributed by atoms with Gasteiger partial charge in [-0.1, -0.05) is 0 Å². The van der Waals surface area contributed by atoms with Crippen molar-refractivity contribution in [2.24, 2.45) is 0 Å². The first-order valence-electron chi connectivity index (χ1n) is 5.80. The Kier molecular flexibility index (Phi) is 9.05. The zero-order chi connectivity index (χ0) is 15.5. The Bertz CT molecular complexity index is 335. The molecule has 0 aromatic carbocycles. The Morgan fingerprint density at radius 3 is 2.30 bits per heavy atom. The van der Waals surface area contributed by atoms with Crippen LogP contribution in [0.4, 0.5) is 4.79 Å². The van der Waals surface area contributed by atoms with Crippen molar-refractivity contribution >= 4 is 18.0 Å². The van der Waals surface area contributed by atoms with Gasteiger partial charge in [0.15, 0.2) is 0 Å². The third-order valence-corrected chi connectivity index (χ3v) is 2.38. The number of nitrogens with one attached hydrogen (secondary N) is 2. The maximum atomic E-state index is 11.5. The van der Waals surface area contributed by atoms with Gasteiger partial charge in [-0.05, 0) is 0 Å². The van der Waals surface area contributed by atoms with Crippen LogP contribution in [0.3, 0.4) is 0 Å². The minimum Gasteiger partial charge on any atom is -0.480 e. The molecule has 0 bridgehead atoms. The van der Waals surface area contributed by atoms with Gasteiger partial charge in [-0.25, -0.2) is 9.59 Å². The Balaban J connectivity index is 4.25. The maximum absolute atomic E-state index is 11.5. The molecule has 0 aromatic rings. The first-order chi connectivity index (χ1) is 9.44. The van der Waals surface area contributed by atoms with Crippen molar-refractivity contribution in [3.8, 4) is 0 Å². The molecule has 1 unspecified atom stereocenters. The lowest BCUT2D eigenvalue weighted by atomic mass is 10.2.